The molecule has 3 aromatic rings. The molecule has 0 spiro atoms. The van der Waals surface area contributed by atoms with Crippen LogP contribution in [0.2, 0.25) is 0 Å². The number of benzene rings is 1. The number of aryl methyl sites for hydroxylation is 1. The lowest BCUT2D eigenvalue weighted by Crippen LogP contribution is -2.21. The van der Waals surface area contributed by atoms with Crippen molar-refractivity contribution in [3.05, 3.63) is 60.7 Å². The molecule has 35 heavy (non-hydrogen) atoms. The Bertz CT molecular complexity index is 1280. The molecule has 1 aliphatic carbocycles. The second-order valence-corrected chi connectivity index (χ2v) is 10.9. The van der Waals surface area contributed by atoms with E-state index in [0.29, 0.717) is 21.5 Å². The standard InChI is InChI=1S/C27H30BrNO5S/c1-2-33-27(32)23-19-11-9-7-5-3-4-6-8-10-12-22(19)35-25(23)29-24(30)20-16-17-15-18(28)13-14-21(17)34-26(20)31/h13-16H,2-12H2,1H3,(H,29,30). The van der Waals surface area contributed by atoms with Gasteiger partial charge in [-0.2, -0.15) is 0 Å². The molecular formula is C27H30BrNO5S. The van der Waals surface area contributed by atoms with E-state index in [1.165, 1.54) is 43.1 Å². The van der Waals surface area contributed by atoms with Gasteiger partial charge in [0.1, 0.15) is 16.1 Å². The van der Waals surface area contributed by atoms with Crippen molar-refractivity contribution in [1.29, 1.82) is 0 Å². The first kappa shape index (κ1) is 25.6. The van der Waals surface area contributed by atoms with Gasteiger partial charge in [0.15, 0.2) is 0 Å². The van der Waals surface area contributed by atoms with Crippen LogP contribution in [-0.2, 0) is 17.6 Å². The first-order chi connectivity index (χ1) is 17.0. The van der Waals surface area contributed by atoms with Gasteiger partial charge in [-0.05, 0) is 62.4 Å². The van der Waals surface area contributed by atoms with Crippen molar-refractivity contribution in [2.75, 3.05) is 11.9 Å². The van der Waals surface area contributed by atoms with Gasteiger partial charge in [0.05, 0.1) is 12.2 Å². The second kappa shape index (κ2) is 12.0. The Morgan fingerprint density at radius 2 is 1.71 bits per heavy atom. The van der Waals surface area contributed by atoms with Crippen LogP contribution in [0.5, 0.6) is 0 Å². The largest absolute Gasteiger partial charge is 0.462 e. The molecule has 6 nitrogen and oxygen atoms in total. The molecule has 1 N–H and O–H groups in total. The minimum absolute atomic E-state index is 0.104. The highest BCUT2D eigenvalue weighted by Crippen LogP contribution is 2.37. The van der Waals surface area contributed by atoms with E-state index in [0.717, 1.165) is 53.4 Å². The molecule has 4 rings (SSSR count). The maximum absolute atomic E-state index is 13.2. The number of carbonyl (C=O) groups is 2. The highest BCUT2D eigenvalue weighted by atomic mass is 79.9. The fourth-order valence-corrected chi connectivity index (χ4v) is 6.21. The summed E-state index contributed by atoms with van der Waals surface area (Å²) < 4.78 is 11.6. The van der Waals surface area contributed by atoms with Gasteiger partial charge in [0.25, 0.3) is 5.91 Å². The smallest absolute Gasteiger partial charge is 0.349 e. The average molecular weight is 561 g/mol. The van der Waals surface area contributed by atoms with E-state index >= 15 is 0 Å². The molecule has 186 valence electrons. The van der Waals surface area contributed by atoms with Crippen LogP contribution in [-0.4, -0.2) is 18.5 Å². The predicted octanol–water partition coefficient (Wildman–Crippen LogP) is 7.27. The Labute approximate surface area is 217 Å². The molecule has 0 fully saturated rings. The molecule has 0 atom stereocenters. The molecule has 0 bridgehead atoms. The van der Waals surface area contributed by atoms with E-state index < -0.39 is 17.5 Å². The van der Waals surface area contributed by atoms with Gasteiger partial charge < -0.3 is 14.5 Å². The van der Waals surface area contributed by atoms with Crippen LogP contribution in [0, 0.1) is 0 Å². The van der Waals surface area contributed by atoms with E-state index in [-0.39, 0.29) is 12.2 Å². The molecule has 2 heterocycles. The molecule has 1 aliphatic rings. The summed E-state index contributed by atoms with van der Waals surface area (Å²) in [5, 5.41) is 3.93. The molecule has 8 heteroatoms. The van der Waals surface area contributed by atoms with Gasteiger partial charge in [-0.25, -0.2) is 9.59 Å². The van der Waals surface area contributed by atoms with Gasteiger partial charge in [0, 0.05) is 14.7 Å². The first-order valence-corrected chi connectivity index (χ1v) is 13.9. The Hall–Kier alpha value is -2.45. The minimum Gasteiger partial charge on any atom is -0.462 e. The summed E-state index contributed by atoms with van der Waals surface area (Å²) in [4.78, 5) is 39.9. The Balaban J connectivity index is 1.70. The van der Waals surface area contributed by atoms with Crippen LogP contribution < -0.4 is 10.9 Å². The monoisotopic (exact) mass is 559 g/mol. The summed E-state index contributed by atoms with van der Waals surface area (Å²) >= 11 is 4.83. The number of ether oxygens (including phenoxy) is 1. The zero-order valence-electron chi connectivity index (χ0n) is 19.9. The first-order valence-electron chi connectivity index (χ1n) is 12.3. The topological polar surface area (TPSA) is 85.6 Å². The Morgan fingerprint density at radius 1 is 1.03 bits per heavy atom. The van der Waals surface area contributed by atoms with Crippen LogP contribution >= 0.6 is 27.3 Å². The van der Waals surface area contributed by atoms with E-state index in [9.17, 15) is 14.4 Å². The number of hydrogen-bond acceptors (Lipinski definition) is 6. The van der Waals surface area contributed by atoms with Gasteiger partial charge in [-0.15, -0.1) is 11.3 Å². The summed E-state index contributed by atoms with van der Waals surface area (Å²) in [5.74, 6) is -1.02. The predicted molar refractivity (Wildman–Crippen MR) is 143 cm³/mol. The van der Waals surface area contributed by atoms with Crippen LogP contribution in [0.4, 0.5) is 5.00 Å². The molecular weight excluding hydrogens is 530 g/mol. The summed E-state index contributed by atoms with van der Waals surface area (Å²) in [5.41, 5.74) is 1.00. The molecule has 1 aromatic carbocycles. The minimum atomic E-state index is -0.717. The Kier molecular flexibility index (Phi) is 8.78. The number of halogens is 1. The number of thiophene rings is 1. The third-order valence-corrected chi connectivity index (χ3v) is 8.02. The number of carbonyl (C=O) groups excluding carboxylic acids is 2. The number of hydrogen-bond donors (Lipinski definition) is 1. The molecule has 0 unspecified atom stereocenters. The summed E-state index contributed by atoms with van der Waals surface area (Å²) in [7, 11) is 0. The maximum Gasteiger partial charge on any atom is 0.349 e. The number of rotatable bonds is 4. The van der Waals surface area contributed by atoms with Crippen molar-refractivity contribution in [2.45, 2.75) is 71.1 Å². The van der Waals surface area contributed by atoms with Crippen molar-refractivity contribution in [3.8, 4) is 0 Å². The van der Waals surface area contributed by atoms with Crippen LogP contribution in [0.15, 0.2) is 37.9 Å². The van der Waals surface area contributed by atoms with E-state index in [1.54, 1.807) is 25.1 Å². The summed E-state index contributed by atoms with van der Waals surface area (Å²) in [6, 6.07) is 6.76. The lowest BCUT2D eigenvalue weighted by molar-refractivity contribution is 0.0526. The zero-order chi connectivity index (χ0) is 24.8. The van der Waals surface area contributed by atoms with Crippen molar-refractivity contribution in [3.63, 3.8) is 0 Å². The van der Waals surface area contributed by atoms with Gasteiger partial charge >= 0.3 is 11.6 Å². The highest BCUT2D eigenvalue weighted by molar-refractivity contribution is 9.10. The van der Waals surface area contributed by atoms with Gasteiger partial charge in [0.2, 0.25) is 0 Å². The van der Waals surface area contributed by atoms with E-state index in [1.807, 2.05) is 0 Å². The van der Waals surface area contributed by atoms with Crippen molar-refractivity contribution in [2.24, 2.45) is 0 Å². The van der Waals surface area contributed by atoms with Crippen LogP contribution in [0.1, 0.15) is 89.4 Å². The summed E-state index contributed by atoms with van der Waals surface area (Å²) in [6.45, 7) is 2.02. The third kappa shape index (κ3) is 6.22. The molecule has 0 aliphatic heterocycles. The number of anilines is 1. The normalized spacial score (nSPS) is 15.0. The van der Waals surface area contributed by atoms with Crippen molar-refractivity contribution in [1.82, 2.24) is 0 Å². The maximum atomic E-state index is 13.2. The highest BCUT2D eigenvalue weighted by Gasteiger charge is 2.27. The average Bonchev–Trinajstić information content (AvgIpc) is 3.15. The molecule has 1 amide bonds. The van der Waals surface area contributed by atoms with Crippen LogP contribution in [0.25, 0.3) is 11.0 Å². The van der Waals surface area contributed by atoms with E-state index in [2.05, 4.69) is 21.2 Å². The number of esters is 1. The van der Waals surface area contributed by atoms with Crippen LogP contribution in [0.3, 0.4) is 0 Å². The SMILES string of the molecule is CCOC(=O)c1c(NC(=O)c2cc3cc(Br)ccc3oc2=O)sc2c1CCCCCCCCCC2. The van der Waals surface area contributed by atoms with E-state index in [4.69, 9.17) is 9.15 Å². The molecule has 2 aromatic heterocycles. The fourth-order valence-electron chi connectivity index (χ4n) is 4.56. The Morgan fingerprint density at radius 3 is 2.43 bits per heavy atom. The number of fused-ring (bicyclic) bond motifs is 2. The van der Waals surface area contributed by atoms with Crippen molar-refractivity contribution < 1.29 is 18.7 Å². The quantitative estimate of drug-likeness (QED) is 0.268. The molecule has 0 saturated carbocycles. The van der Waals surface area contributed by atoms with Gasteiger partial charge in [-0.3, -0.25) is 4.79 Å². The zero-order valence-corrected chi connectivity index (χ0v) is 22.3. The number of nitrogens with one attached hydrogen (secondary N) is 1. The summed E-state index contributed by atoms with van der Waals surface area (Å²) in [6.07, 6.45) is 10.9. The molecule has 0 radical (unpaired) electrons. The lowest BCUT2D eigenvalue weighted by atomic mass is 9.97. The second-order valence-electron chi connectivity index (χ2n) is 8.84. The lowest BCUT2D eigenvalue weighted by Gasteiger charge is -2.10. The van der Waals surface area contributed by atoms with Gasteiger partial charge in [-0.1, -0.05) is 54.5 Å². The molecule has 0 saturated heterocycles. The van der Waals surface area contributed by atoms with Crippen molar-refractivity contribution >= 4 is 55.1 Å². The fraction of sp³-hybridized carbons (Fsp3) is 0.444. The number of amides is 1. The third-order valence-electron chi connectivity index (χ3n) is 6.32.